The number of nitrogens with one attached hydrogen (secondary N) is 1. The van der Waals surface area contributed by atoms with Gasteiger partial charge in [-0.05, 0) is 36.4 Å². The van der Waals surface area contributed by atoms with Crippen molar-refractivity contribution < 1.29 is 13.9 Å². The van der Waals surface area contributed by atoms with E-state index >= 15 is 0 Å². The molecule has 2 heterocycles. The van der Waals surface area contributed by atoms with Gasteiger partial charge in [-0.25, -0.2) is 4.98 Å². The fraction of sp³-hybridized carbons (Fsp3) is 0.158. The summed E-state index contributed by atoms with van der Waals surface area (Å²) < 4.78 is 12.6. The first-order valence-electron chi connectivity index (χ1n) is 7.92. The molecule has 0 saturated carbocycles. The van der Waals surface area contributed by atoms with Crippen LogP contribution >= 0.6 is 0 Å². The third-order valence-corrected chi connectivity index (χ3v) is 4.07. The quantitative estimate of drug-likeness (QED) is 0.617. The van der Waals surface area contributed by atoms with Gasteiger partial charge >= 0.3 is 0 Å². The van der Waals surface area contributed by atoms with Gasteiger partial charge in [-0.3, -0.25) is 4.79 Å². The largest absolute Gasteiger partial charge is 0.497 e. The maximum atomic E-state index is 12.4. The molecule has 0 spiro atoms. The highest BCUT2D eigenvalue weighted by Crippen LogP contribution is 2.22. The van der Waals surface area contributed by atoms with Crippen LogP contribution < -0.4 is 10.1 Å². The van der Waals surface area contributed by atoms with Crippen LogP contribution in [0, 0.1) is 6.92 Å². The highest BCUT2D eigenvalue weighted by atomic mass is 16.5. The minimum Gasteiger partial charge on any atom is -0.497 e. The van der Waals surface area contributed by atoms with Crippen LogP contribution in [-0.2, 0) is 11.3 Å². The van der Waals surface area contributed by atoms with Crippen molar-refractivity contribution in [2.24, 2.45) is 0 Å². The summed E-state index contributed by atoms with van der Waals surface area (Å²) in [5.74, 6) is 1.29. The van der Waals surface area contributed by atoms with Crippen molar-refractivity contribution in [3.63, 3.8) is 0 Å². The molecule has 0 aliphatic heterocycles. The Labute approximate surface area is 144 Å². The lowest BCUT2D eigenvalue weighted by molar-refractivity contribution is -0.116. The first kappa shape index (κ1) is 15.3. The van der Waals surface area contributed by atoms with Gasteiger partial charge in [0.1, 0.15) is 17.8 Å². The maximum absolute atomic E-state index is 12.4. The first-order valence-corrected chi connectivity index (χ1v) is 7.92. The zero-order valence-corrected chi connectivity index (χ0v) is 13.9. The van der Waals surface area contributed by atoms with E-state index in [-0.39, 0.29) is 12.5 Å². The van der Waals surface area contributed by atoms with Crippen molar-refractivity contribution in [2.45, 2.75) is 13.5 Å². The summed E-state index contributed by atoms with van der Waals surface area (Å²) in [6.07, 6.45) is 1.90. The Balaban J connectivity index is 1.53. The van der Waals surface area contributed by atoms with Crippen LogP contribution in [0.15, 0.2) is 53.1 Å². The van der Waals surface area contributed by atoms with Gasteiger partial charge in [-0.2, -0.15) is 0 Å². The fourth-order valence-electron chi connectivity index (χ4n) is 2.92. The number of carbonyl (C=O) groups excluding carboxylic acids is 1. The lowest BCUT2D eigenvalue weighted by atomic mass is 10.2. The van der Waals surface area contributed by atoms with Gasteiger partial charge in [0, 0.05) is 35.8 Å². The van der Waals surface area contributed by atoms with Gasteiger partial charge in [0.15, 0.2) is 11.5 Å². The smallest absolute Gasteiger partial charge is 0.244 e. The molecule has 126 valence electrons. The lowest BCUT2D eigenvalue weighted by Crippen LogP contribution is -2.18. The molecule has 25 heavy (non-hydrogen) atoms. The number of nitrogens with zero attached hydrogens (tertiary/aromatic N) is 2. The number of hydrogen-bond donors (Lipinski definition) is 1. The minimum atomic E-state index is -0.107. The third kappa shape index (κ3) is 2.94. The molecule has 0 aliphatic rings. The van der Waals surface area contributed by atoms with Crippen LogP contribution in [0.4, 0.5) is 5.69 Å². The predicted octanol–water partition coefficient (Wildman–Crippen LogP) is 3.74. The van der Waals surface area contributed by atoms with Gasteiger partial charge in [0.05, 0.1) is 7.11 Å². The number of oxazole rings is 1. The summed E-state index contributed by atoms with van der Waals surface area (Å²) in [6.45, 7) is 2.02. The standard InChI is InChI=1S/C19H17N3O3/c1-12-20-16-5-3-14(10-18(16)25-12)21-19(23)11-22-8-7-13-9-15(24-2)4-6-17(13)22/h3-10H,11H2,1-2H3,(H,21,23). The van der Waals surface area contributed by atoms with Gasteiger partial charge in [0.25, 0.3) is 0 Å². The minimum absolute atomic E-state index is 0.107. The summed E-state index contributed by atoms with van der Waals surface area (Å²) in [4.78, 5) is 16.6. The number of ether oxygens (including phenoxy) is 1. The summed E-state index contributed by atoms with van der Waals surface area (Å²) >= 11 is 0. The second-order valence-electron chi connectivity index (χ2n) is 5.83. The van der Waals surface area contributed by atoms with Crippen molar-refractivity contribution >= 4 is 33.6 Å². The predicted molar refractivity (Wildman–Crippen MR) is 95.9 cm³/mol. The normalized spacial score (nSPS) is 11.1. The van der Waals surface area contributed by atoms with E-state index in [4.69, 9.17) is 9.15 Å². The molecule has 0 saturated heterocycles. The molecule has 0 bridgehead atoms. The molecule has 2 aromatic heterocycles. The van der Waals surface area contributed by atoms with E-state index in [1.165, 1.54) is 0 Å². The Hall–Kier alpha value is -3.28. The van der Waals surface area contributed by atoms with Crippen LogP contribution in [-0.4, -0.2) is 22.6 Å². The van der Waals surface area contributed by atoms with Crippen LogP contribution in [0.5, 0.6) is 5.75 Å². The molecule has 0 aliphatic carbocycles. The zero-order valence-electron chi connectivity index (χ0n) is 13.9. The molecule has 0 radical (unpaired) electrons. The monoisotopic (exact) mass is 335 g/mol. The molecular formula is C19H17N3O3. The summed E-state index contributed by atoms with van der Waals surface area (Å²) in [7, 11) is 1.64. The van der Waals surface area contributed by atoms with E-state index in [2.05, 4.69) is 10.3 Å². The maximum Gasteiger partial charge on any atom is 0.244 e. The second kappa shape index (κ2) is 5.98. The van der Waals surface area contributed by atoms with Gasteiger partial charge < -0.3 is 19.0 Å². The topological polar surface area (TPSA) is 69.3 Å². The number of rotatable bonds is 4. The molecule has 0 atom stereocenters. The number of aryl methyl sites for hydroxylation is 1. The van der Waals surface area contributed by atoms with Crippen molar-refractivity contribution in [1.29, 1.82) is 0 Å². The second-order valence-corrected chi connectivity index (χ2v) is 5.83. The number of fused-ring (bicyclic) bond motifs is 2. The molecule has 6 nitrogen and oxygen atoms in total. The van der Waals surface area contributed by atoms with Gasteiger partial charge in [-0.15, -0.1) is 0 Å². The number of anilines is 1. The first-order chi connectivity index (χ1) is 12.1. The third-order valence-electron chi connectivity index (χ3n) is 4.07. The Morgan fingerprint density at radius 1 is 1.24 bits per heavy atom. The number of amides is 1. The Morgan fingerprint density at radius 2 is 2.12 bits per heavy atom. The summed E-state index contributed by atoms with van der Waals surface area (Å²) in [5, 5.41) is 3.93. The van der Waals surface area contributed by atoms with Crippen molar-refractivity contribution in [1.82, 2.24) is 9.55 Å². The van der Waals surface area contributed by atoms with Gasteiger partial charge in [-0.1, -0.05) is 0 Å². The van der Waals surface area contributed by atoms with Crippen molar-refractivity contribution in [3.8, 4) is 5.75 Å². The molecule has 1 amide bonds. The van der Waals surface area contributed by atoms with E-state index in [0.717, 1.165) is 22.2 Å². The number of carbonyl (C=O) groups is 1. The molecule has 4 aromatic rings. The highest BCUT2D eigenvalue weighted by molar-refractivity contribution is 5.93. The molecular weight excluding hydrogens is 318 g/mol. The SMILES string of the molecule is COc1ccc2c(ccn2CC(=O)Nc2ccc3nc(C)oc3c2)c1. The van der Waals surface area contributed by atoms with E-state index in [0.29, 0.717) is 17.2 Å². The fourth-order valence-corrected chi connectivity index (χ4v) is 2.92. The Morgan fingerprint density at radius 3 is 2.96 bits per heavy atom. The molecule has 2 aromatic carbocycles. The van der Waals surface area contributed by atoms with Crippen LogP contribution in [0.25, 0.3) is 22.0 Å². The van der Waals surface area contributed by atoms with Crippen LogP contribution in [0.3, 0.4) is 0 Å². The number of aromatic nitrogens is 2. The number of benzene rings is 2. The van der Waals surface area contributed by atoms with Crippen molar-refractivity contribution in [3.05, 3.63) is 54.6 Å². The van der Waals surface area contributed by atoms with E-state index in [9.17, 15) is 4.79 Å². The van der Waals surface area contributed by atoms with E-state index < -0.39 is 0 Å². The zero-order chi connectivity index (χ0) is 17.4. The molecule has 6 heteroatoms. The molecule has 0 unspecified atom stereocenters. The van der Waals surface area contributed by atoms with Crippen molar-refractivity contribution in [2.75, 3.05) is 12.4 Å². The lowest BCUT2D eigenvalue weighted by Gasteiger charge is -2.08. The van der Waals surface area contributed by atoms with Crippen LogP contribution in [0.1, 0.15) is 5.89 Å². The average Bonchev–Trinajstić information content (AvgIpc) is 3.16. The van der Waals surface area contributed by atoms with Crippen LogP contribution in [0.2, 0.25) is 0 Å². The van der Waals surface area contributed by atoms with E-state index in [1.807, 2.05) is 47.2 Å². The summed E-state index contributed by atoms with van der Waals surface area (Å²) in [5.41, 5.74) is 3.11. The average molecular weight is 335 g/mol. The Kier molecular flexibility index (Phi) is 3.65. The molecule has 1 N–H and O–H groups in total. The summed E-state index contributed by atoms with van der Waals surface area (Å²) in [6, 6.07) is 13.2. The van der Waals surface area contributed by atoms with E-state index in [1.54, 1.807) is 20.1 Å². The number of hydrogen-bond acceptors (Lipinski definition) is 4. The highest BCUT2D eigenvalue weighted by Gasteiger charge is 2.09. The molecule has 0 fully saturated rings. The van der Waals surface area contributed by atoms with Gasteiger partial charge in [0.2, 0.25) is 5.91 Å². The molecule has 4 rings (SSSR count). The Bertz CT molecular complexity index is 1080. The number of methoxy groups -OCH3 is 1.